The maximum Gasteiger partial charge on any atom is 0.419 e. The van der Waals surface area contributed by atoms with Gasteiger partial charge in [-0.25, -0.2) is 4.98 Å². The van der Waals surface area contributed by atoms with Crippen LogP contribution in [0.15, 0.2) is 18.3 Å². The lowest BCUT2D eigenvalue weighted by Gasteiger charge is -2.37. The van der Waals surface area contributed by atoms with Crippen LogP contribution in [0.2, 0.25) is 0 Å². The Bertz CT molecular complexity index is 1060. The molecule has 6 atom stereocenters. The number of fused-ring (bicyclic) bond motifs is 3. The Balaban J connectivity index is 1.23. The zero-order chi connectivity index (χ0) is 23.2. The smallest absolute Gasteiger partial charge is 0.383 e. The minimum atomic E-state index is -4.54. The van der Waals surface area contributed by atoms with E-state index in [0.29, 0.717) is 35.1 Å². The first-order valence-corrected chi connectivity index (χ1v) is 12.0. The van der Waals surface area contributed by atoms with Crippen molar-refractivity contribution in [1.29, 1.82) is 0 Å². The summed E-state index contributed by atoms with van der Waals surface area (Å²) in [6.07, 6.45) is 0.614. The summed E-state index contributed by atoms with van der Waals surface area (Å²) in [6, 6.07) is 5.32. The number of likely N-dealkylation sites (N-methyl/N-ethyl adjacent to an activating group) is 1. The molecule has 178 valence electrons. The number of aromatic nitrogens is 3. The molecule has 2 aromatic rings. The number of alkyl halides is 3. The van der Waals surface area contributed by atoms with E-state index in [-0.39, 0.29) is 6.04 Å². The van der Waals surface area contributed by atoms with E-state index in [1.54, 1.807) is 0 Å². The average molecular weight is 461 g/mol. The molecule has 2 aliphatic carbocycles. The number of likely N-dealkylation sites (tertiary alicyclic amines) is 2. The van der Waals surface area contributed by atoms with Crippen molar-refractivity contribution >= 4 is 5.82 Å². The fourth-order valence-corrected chi connectivity index (χ4v) is 6.92. The van der Waals surface area contributed by atoms with Crippen molar-refractivity contribution in [3.05, 3.63) is 29.6 Å². The van der Waals surface area contributed by atoms with Crippen LogP contribution in [0.1, 0.15) is 56.3 Å². The number of hydrogen-bond acceptors (Lipinski definition) is 5. The van der Waals surface area contributed by atoms with E-state index >= 15 is 0 Å². The van der Waals surface area contributed by atoms with Crippen LogP contribution in [0, 0.1) is 11.8 Å². The van der Waals surface area contributed by atoms with Crippen LogP contribution in [0.3, 0.4) is 0 Å². The van der Waals surface area contributed by atoms with Crippen molar-refractivity contribution in [2.24, 2.45) is 11.8 Å². The topological polar surface area (TPSA) is 63.2 Å². The van der Waals surface area contributed by atoms with Gasteiger partial charge in [0.1, 0.15) is 5.82 Å². The summed E-state index contributed by atoms with van der Waals surface area (Å²) in [5.41, 5.74) is 6.64. The predicted octanol–water partition coefficient (Wildman–Crippen LogP) is 4.01. The van der Waals surface area contributed by atoms with Gasteiger partial charge in [0.25, 0.3) is 0 Å². The Hall–Kier alpha value is -2.13. The third-order valence-corrected chi connectivity index (χ3v) is 8.56. The van der Waals surface area contributed by atoms with Gasteiger partial charge in [0.2, 0.25) is 0 Å². The van der Waals surface area contributed by atoms with Crippen LogP contribution in [-0.4, -0.2) is 62.8 Å². The number of rotatable bonds is 4. The van der Waals surface area contributed by atoms with Gasteiger partial charge in [-0.15, -0.1) is 0 Å². The van der Waals surface area contributed by atoms with Crippen molar-refractivity contribution < 1.29 is 13.2 Å². The Morgan fingerprint density at radius 2 is 1.76 bits per heavy atom. The first kappa shape index (κ1) is 21.4. The van der Waals surface area contributed by atoms with Crippen LogP contribution < -0.4 is 5.73 Å². The second-order valence-corrected chi connectivity index (χ2v) is 10.8. The van der Waals surface area contributed by atoms with Gasteiger partial charge in [-0.3, -0.25) is 9.58 Å². The zero-order valence-electron chi connectivity index (χ0n) is 19.3. The summed E-state index contributed by atoms with van der Waals surface area (Å²) in [4.78, 5) is 9.06. The average Bonchev–Trinajstić information content (AvgIpc) is 3.28. The van der Waals surface area contributed by atoms with Crippen molar-refractivity contribution in [1.82, 2.24) is 24.6 Å². The number of hydrogen-bond donors (Lipinski definition) is 1. The van der Waals surface area contributed by atoms with Crippen molar-refractivity contribution in [2.75, 3.05) is 25.9 Å². The molecule has 6 rings (SSSR count). The maximum atomic E-state index is 13.3. The van der Waals surface area contributed by atoms with Crippen molar-refractivity contribution in [3.8, 4) is 11.3 Å². The highest BCUT2D eigenvalue weighted by atomic mass is 19.4. The molecule has 2 saturated heterocycles. The number of nitrogen functional groups attached to an aromatic ring is 1. The molecule has 4 heterocycles. The monoisotopic (exact) mass is 460 g/mol. The van der Waals surface area contributed by atoms with Crippen LogP contribution in [0.4, 0.5) is 19.0 Å². The summed E-state index contributed by atoms with van der Waals surface area (Å²) in [7, 11) is 2.24. The van der Waals surface area contributed by atoms with Crippen LogP contribution in [0.5, 0.6) is 0 Å². The molecule has 0 radical (unpaired) electrons. The molecule has 2 aliphatic heterocycles. The lowest BCUT2D eigenvalue weighted by atomic mass is 10.0. The van der Waals surface area contributed by atoms with Crippen molar-refractivity contribution in [3.63, 3.8) is 0 Å². The third-order valence-electron chi connectivity index (χ3n) is 8.56. The van der Waals surface area contributed by atoms with Gasteiger partial charge in [0.15, 0.2) is 0 Å². The Morgan fingerprint density at radius 3 is 2.33 bits per heavy atom. The van der Waals surface area contributed by atoms with E-state index in [4.69, 9.17) is 10.8 Å². The van der Waals surface area contributed by atoms with E-state index in [1.807, 2.05) is 10.7 Å². The largest absolute Gasteiger partial charge is 0.419 e. The maximum absolute atomic E-state index is 13.3. The summed E-state index contributed by atoms with van der Waals surface area (Å²) in [6.45, 7) is 6.54. The van der Waals surface area contributed by atoms with E-state index in [1.165, 1.54) is 38.5 Å². The normalized spacial score (nSPS) is 33.9. The van der Waals surface area contributed by atoms with Gasteiger partial charge < -0.3 is 10.6 Å². The van der Waals surface area contributed by atoms with Crippen LogP contribution >= 0.6 is 0 Å². The number of nitrogens with zero attached hydrogens (tertiary/aromatic N) is 5. The molecular formula is C24H31F3N6. The quantitative estimate of drug-likeness (QED) is 0.747. The molecule has 33 heavy (non-hydrogen) atoms. The number of halogens is 3. The fraction of sp³-hybridized carbons (Fsp3) is 0.667. The lowest BCUT2D eigenvalue weighted by Crippen LogP contribution is -2.48. The number of anilines is 1. The molecule has 4 aliphatic rings. The summed E-state index contributed by atoms with van der Waals surface area (Å²) in [5.74, 6) is 1.27. The van der Waals surface area contributed by atoms with E-state index in [2.05, 4.69) is 35.7 Å². The molecule has 0 amide bonds. The highest BCUT2D eigenvalue weighted by molar-refractivity contribution is 5.63. The highest BCUT2D eigenvalue weighted by Gasteiger charge is 2.60. The summed E-state index contributed by atoms with van der Waals surface area (Å²) < 4.78 is 42.0. The van der Waals surface area contributed by atoms with Gasteiger partial charge >= 0.3 is 6.18 Å². The molecule has 4 fully saturated rings. The number of nitrogens with two attached hydrogens (primary N) is 1. The standard InChI is InChI=1S/C24H31F3N6/c1-12(2)33-21(8-20(30-33)13-4-19(24(25,26)27)23(28)29-9-13)22-17-6-14(7-18(17)22)32-11-15-5-16(32)10-31(15)3/h4,8-9,12,14-18,22H,5-7,10-11H2,1-3H3,(H2,28,29)/t14?,15-,16-,17-,18+,22+/m0/s1. The molecular weight excluding hydrogens is 429 g/mol. The molecule has 2 N–H and O–H groups in total. The second-order valence-electron chi connectivity index (χ2n) is 10.8. The third kappa shape index (κ3) is 3.38. The minimum Gasteiger partial charge on any atom is -0.383 e. The summed E-state index contributed by atoms with van der Waals surface area (Å²) in [5, 5.41) is 4.71. The number of pyridine rings is 1. The Labute approximate surface area is 191 Å². The Kier molecular flexibility index (Phi) is 4.66. The minimum absolute atomic E-state index is 0.138. The molecule has 0 spiro atoms. The Morgan fingerprint density at radius 1 is 1.03 bits per heavy atom. The van der Waals surface area contributed by atoms with Crippen LogP contribution in [-0.2, 0) is 6.18 Å². The molecule has 2 saturated carbocycles. The van der Waals surface area contributed by atoms with Gasteiger partial charge in [-0.1, -0.05) is 0 Å². The zero-order valence-corrected chi connectivity index (χ0v) is 19.3. The van der Waals surface area contributed by atoms with E-state index in [9.17, 15) is 13.2 Å². The fourth-order valence-electron chi connectivity index (χ4n) is 6.92. The molecule has 1 unspecified atom stereocenters. The first-order valence-electron chi connectivity index (χ1n) is 12.0. The predicted molar refractivity (Wildman–Crippen MR) is 120 cm³/mol. The SMILES string of the molecule is CC(C)n1nc(-c2cnc(N)c(C(F)(F)F)c2)cc1[C@H]1[C@@H]2CC(N3C[C@@H]4C[C@H]3CN4C)C[C@@H]21. The van der Waals surface area contributed by atoms with Gasteiger partial charge in [0, 0.05) is 60.6 Å². The number of piperazine rings is 1. The van der Waals surface area contributed by atoms with E-state index < -0.39 is 17.6 Å². The highest BCUT2D eigenvalue weighted by Crippen LogP contribution is 2.64. The molecule has 6 nitrogen and oxygen atoms in total. The molecule has 0 aromatic carbocycles. The van der Waals surface area contributed by atoms with Crippen LogP contribution in [0.25, 0.3) is 11.3 Å². The lowest BCUT2D eigenvalue weighted by molar-refractivity contribution is -0.137. The summed E-state index contributed by atoms with van der Waals surface area (Å²) >= 11 is 0. The van der Waals surface area contributed by atoms with Gasteiger partial charge in [-0.05, 0) is 64.1 Å². The molecule has 9 heteroatoms. The second kappa shape index (κ2) is 7.18. The van der Waals surface area contributed by atoms with E-state index in [0.717, 1.165) is 23.8 Å². The van der Waals surface area contributed by atoms with Crippen molar-refractivity contribution in [2.45, 2.75) is 69.4 Å². The molecule has 2 bridgehead atoms. The van der Waals surface area contributed by atoms with Gasteiger partial charge in [0.05, 0.1) is 11.3 Å². The van der Waals surface area contributed by atoms with Gasteiger partial charge in [-0.2, -0.15) is 18.3 Å². The molecule has 2 aromatic heterocycles. The first-order chi connectivity index (χ1) is 15.6.